The molecule has 0 bridgehead atoms. The average Bonchev–Trinajstić information content (AvgIpc) is 3.09. The number of benzene rings is 1. The predicted molar refractivity (Wildman–Crippen MR) is 106 cm³/mol. The predicted octanol–water partition coefficient (Wildman–Crippen LogP) is 4.40. The molecule has 0 saturated carbocycles. The molecule has 1 atom stereocenters. The van der Waals surface area contributed by atoms with Crippen LogP contribution < -0.4 is 0 Å². The lowest BCUT2D eigenvalue weighted by molar-refractivity contribution is -0.130. The van der Waals surface area contributed by atoms with Gasteiger partial charge in [0, 0.05) is 41.9 Å². The van der Waals surface area contributed by atoms with Crippen molar-refractivity contribution in [2.24, 2.45) is 0 Å². The van der Waals surface area contributed by atoms with E-state index in [0.29, 0.717) is 25.2 Å². The SMILES string of the molecule is C[C@]1(c2ccc3sccc3c2)CC(=N)N(CCc2cccnc2)C(=O)C1. The fourth-order valence-corrected chi connectivity index (χ4v) is 4.47. The van der Waals surface area contributed by atoms with Crippen molar-refractivity contribution in [2.45, 2.75) is 31.6 Å². The van der Waals surface area contributed by atoms with Crippen molar-refractivity contribution in [2.75, 3.05) is 6.54 Å². The smallest absolute Gasteiger partial charge is 0.228 e. The summed E-state index contributed by atoms with van der Waals surface area (Å²) >= 11 is 1.73. The quantitative estimate of drug-likeness (QED) is 0.747. The van der Waals surface area contributed by atoms with Crippen LogP contribution in [0.3, 0.4) is 0 Å². The molecule has 5 heteroatoms. The van der Waals surface area contributed by atoms with E-state index in [0.717, 1.165) is 17.5 Å². The molecule has 0 aliphatic carbocycles. The summed E-state index contributed by atoms with van der Waals surface area (Å²) in [6.45, 7) is 2.65. The van der Waals surface area contributed by atoms with Gasteiger partial charge in [0.2, 0.25) is 5.91 Å². The Morgan fingerprint density at radius 3 is 2.92 bits per heavy atom. The van der Waals surface area contributed by atoms with E-state index in [1.807, 2.05) is 18.3 Å². The molecule has 1 amide bonds. The zero-order valence-electron chi connectivity index (χ0n) is 14.7. The van der Waals surface area contributed by atoms with Gasteiger partial charge < -0.3 is 4.90 Å². The highest BCUT2D eigenvalue weighted by atomic mass is 32.1. The first-order valence-corrected chi connectivity index (χ1v) is 9.68. The first kappa shape index (κ1) is 16.9. The van der Waals surface area contributed by atoms with Gasteiger partial charge in [0.1, 0.15) is 5.84 Å². The maximum atomic E-state index is 12.8. The van der Waals surface area contributed by atoms with Crippen molar-refractivity contribution in [3.8, 4) is 0 Å². The van der Waals surface area contributed by atoms with Crippen molar-refractivity contribution in [1.29, 1.82) is 5.41 Å². The number of carbonyl (C=O) groups is 1. The Hall–Kier alpha value is -2.53. The monoisotopic (exact) mass is 363 g/mol. The minimum atomic E-state index is -0.310. The molecule has 1 saturated heterocycles. The molecule has 1 N–H and O–H groups in total. The molecule has 1 aliphatic rings. The zero-order chi connectivity index (χ0) is 18.1. The summed E-state index contributed by atoms with van der Waals surface area (Å²) in [4.78, 5) is 18.6. The highest BCUT2D eigenvalue weighted by molar-refractivity contribution is 7.17. The lowest BCUT2D eigenvalue weighted by Gasteiger charge is -2.39. The van der Waals surface area contributed by atoms with Crippen LogP contribution in [0.5, 0.6) is 0 Å². The van der Waals surface area contributed by atoms with Gasteiger partial charge in [-0.2, -0.15) is 0 Å². The topological polar surface area (TPSA) is 57.1 Å². The lowest BCUT2D eigenvalue weighted by Crippen LogP contribution is -2.49. The number of aromatic nitrogens is 1. The number of amides is 1. The first-order valence-electron chi connectivity index (χ1n) is 8.80. The number of thiophene rings is 1. The van der Waals surface area contributed by atoms with Crippen LogP contribution in [-0.4, -0.2) is 28.2 Å². The number of amidine groups is 1. The fraction of sp³-hybridized carbons (Fsp3) is 0.286. The molecule has 4 rings (SSSR count). The first-order chi connectivity index (χ1) is 12.5. The summed E-state index contributed by atoms with van der Waals surface area (Å²) < 4.78 is 1.26. The van der Waals surface area contributed by atoms with Gasteiger partial charge in [0.05, 0.1) is 0 Å². The largest absolute Gasteiger partial charge is 0.300 e. The number of hydrogen-bond acceptors (Lipinski definition) is 4. The third kappa shape index (κ3) is 3.15. The van der Waals surface area contributed by atoms with E-state index >= 15 is 0 Å². The molecule has 132 valence electrons. The molecule has 1 fully saturated rings. The van der Waals surface area contributed by atoms with Crippen LogP contribution in [0.2, 0.25) is 0 Å². The number of pyridine rings is 1. The molecule has 1 aromatic carbocycles. The molecule has 1 aliphatic heterocycles. The van der Waals surface area contributed by atoms with Gasteiger partial charge in [-0.05, 0) is 52.6 Å². The van der Waals surface area contributed by atoms with Gasteiger partial charge in [-0.25, -0.2) is 0 Å². The van der Waals surface area contributed by atoms with Gasteiger partial charge in [0.25, 0.3) is 0 Å². The number of nitrogens with one attached hydrogen (secondary N) is 1. The minimum absolute atomic E-state index is 0.0399. The van der Waals surface area contributed by atoms with Gasteiger partial charge in [-0.3, -0.25) is 15.2 Å². The Morgan fingerprint density at radius 1 is 1.27 bits per heavy atom. The Morgan fingerprint density at radius 2 is 2.15 bits per heavy atom. The normalized spacial score (nSPS) is 20.7. The van der Waals surface area contributed by atoms with Gasteiger partial charge in [-0.15, -0.1) is 11.3 Å². The molecule has 26 heavy (non-hydrogen) atoms. The third-order valence-corrected chi connectivity index (χ3v) is 6.12. The van der Waals surface area contributed by atoms with E-state index < -0.39 is 0 Å². The van der Waals surface area contributed by atoms with Gasteiger partial charge in [0.15, 0.2) is 0 Å². The standard InChI is InChI=1S/C21H21N3OS/c1-21(17-4-5-18-16(11-17)7-10-26-18)12-19(22)24(20(25)13-21)9-6-15-3-2-8-23-14-15/h2-5,7-8,10-11,14,22H,6,9,12-13H2,1H3/t21-/m0/s1. The molecule has 4 nitrogen and oxygen atoms in total. The number of carbonyl (C=O) groups excluding carboxylic acids is 1. The van der Waals surface area contributed by atoms with Crippen molar-refractivity contribution >= 4 is 33.2 Å². The number of fused-ring (bicyclic) bond motifs is 1. The van der Waals surface area contributed by atoms with E-state index in [1.54, 1.807) is 22.4 Å². The molecule has 0 radical (unpaired) electrons. The number of hydrogen-bond donors (Lipinski definition) is 1. The molecular weight excluding hydrogens is 342 g/mol. The van der Waals surface area contributed by atoms with Gasteiger partial charge >= 0.3 is 0 Å². The van der Waals surface area contributed by atoms with E-state index in [9.17, 15) is 4.79 Å². The van der Waals surface area contributed by atoms with E-state index in [-0.39, 0.29) is 11.3 Å². The highest BCUT2D eigenvalue weighted by Gasteiger charge is 2.39. The van der Waals surface area contributed by atoms with Crippen LogP contribution in [-0.2, 0) is 16.6 Å². The molecule has 3 heterocycles. The molecule has 0 unspecified atom stereocenters. The molecule has 3 aromatic rings. The number of piperidine rings is 1. The van der Waals surface area contributed by atoms with E-state index in [1.165, 1.54) is 10.1 Å². The third-order valence-electron chi connectivity index (χ3n) is 5.22. The number of likely N-dealkylation sites (tertiary alicyclic amines) is 1. The van der Waals surface area contributed by atoms with Crippen LogP contribution in [0.1, 0.15) is 30.9 Å². The van der Waals surface area contributed by atoms with Crippen molar-refractivity contribution in [3.63, 3.8) is 0 Å². The lowest BCUT2D eigenvalue weighted by atomic mass is 9.73. The van der Waals surface area contributed by atoms with E-state index in [2.05, 4.69) is 41.6 Å². The summed E-state index contributed by atoms with van der Waals surface area (Å²) in [5.41, 5.74) is 1.92. The highest BCUT2D eigenvalue weighted by Crippen LogP contribution is 2.38. The maximum absolute atomic E-state index is 12.8. The Balaban J connectivity index is 1.51. The molecular formula is C21H21N3OS. The van der Waals surface area contributed by atoms with Crippen LogP contribution in [0.25, 0.3) is 10.1 Å². The maximum Gasteiger partial charge on any atom is 0.228 e. The second kappa shape index (κ2) is 6.65. The van der Waals surface area contributed by atoms with Crippen molar-refractivity contribution in [1.82, 2.24) is 9.88 Å². The van der Waals surface area contributed by atoms with Crippen molar-refractivity contribution in [3.05, 3.63) is 65.3 Å². The van der Waals surface area contributed by atoms with Crippen LogP contribution in [0.15, 0.2) is 54.2 Å². The summed E-state index contributed by atoms with van der Waals surface area (Å²) in [5, 5.41) is 11.8. The zero-order valence-corrected chi connectivity index (χ0v) is 15.6. The number of rotatable bonds is 4. The van der Waals surface area contributed by atoms with E-state index in [4.69, 9.17) is 5.41 Å². The Bertz CT molecular complexity index is 946. The molecule has 0 spiro atoms. The Kier molecular flexibility index (Phi) is 4.32. The molecule has 2 aromatic heterocycles. The average molecular weight is 363 g/mol. The fourth-order valence-electron chi connectivity index (χ4n) is 3.70. The summed E-state index contributed by atoms with van der Waals surface area (Å²) in [7, 11) is 0. The summed E-state index contributed by atoms with van der Waals surface area (Å²) in [6.07, 6.45) is 5.31. The Labute approximate surface area is 157 Å². The van der Waals surface area contributed by atoms with Crippen LogP contribution in [0.4, 0.5) is 0 Å². The second-order valence-corrected chi connectivity index (χ2v) is 8.14. The summed E-state index contributed by atoms with van der Waals surface area (Å²) in [6, 6.07) is 12.4. The van der Waals surface area contributed by atoms with Crippen LogP contribution >= 0.6 is 11.3 Å². The van der Waals surface area contributed by atoms with Crippen LogP contribution in [0, 0.1) is 5.41 Å². The second-order valence-electron chi connectivity index (χ2n) is 7.19. The van der Waals surface area contributed by atoms with Crippen molar-refractivity contribution < 1.29 is 4.79 Å². The minimum Gasteiger partial charge on any atom is -0.300 e. The van der Waals surface area contributed by atoms with Gasteiger partial charge in [-0.1, -0.05) is 19.1 Å². The summed E-state index contributed by atoms with van der Waals surface area (Å²) in [5.74, 6) is 0.455. The number of nitrogens with zero attached hydrogens (tertiary/aromatic N) is 2.